The van der Waals surface area contributed by atoms with Crippen molar-refractivity contribution in [2.24, 2.45) is 5.92 Å². The van der Waals surface area contributed by atoms with E-state index in [1.165, 1.54) is 5.56 Å². The van der Waals surface area contributed by atoms with Gasteiger partial charge in [-0.25, -0.2) is 4.79 Å². The molecular weight excluding hydrogens is 278 g/mol. The smallest absolute Gasteiger partial charge is 0.315 e. The molecule has 0 aliphatic carbocycles. The number of likely N-dealkylation sites (N-methyl/N-ethyl adjacent to an activating group) is 1. The van der Waals surface area contributed by atoms with Gasteiger partial charge in [0.1, 0.15) is 0 Å². The van der Waals surface area contributed by atoms with E-state index in [2.05, 4.69) is 34.6 Å². The Hall–Kier alpha value is -1.59. The van der Waals surface area contributed by atoms with Crippen molar-refractivity contribution in [3.8, 4) is 0 Å². The molecule has 0 aliphatic rings. The van der Waals surface area contributed by atoms with Crippen LogP contribution >= 0.6 is 0 Å². The Morgan fingerprint density at radius 3 is 2.45 bits per heavy atom. The van der Waals surface area contributed by atoms with Crippen molar-refractivity contribution >= 4 is 6.03 Å². The molecule has 1 aromatic rings. The van der Waals surface area contributed by atoms with Crippen molar-refractivity contribution in [3.05, 3.63) is 35.9 Å². The molecule has 0 spiro atoms. The summed E-state index contributed by atoms with van der Waals surface area (Å²) in [6.45, 7) is 7.38. The number of rotatable bonds is 8. The highest BCUT2D eigenvalue weighted by Crippen LogP contribution is 2.05. The summed E-state index contributed by atoms with van der Waals surface area (Å²) in [6.07, 6.45) is 0. The summed E-state index contributed by atoms with van der Waals surface area (Å²) in [5, 5.41) is 14.8. The molecule has 3 unspecified atom stereocenters. The molecule has 0 saturated carbocycles. The number of nitrogens with zero attached hydrogens (tertiary/aromatic N) is 1. The van der Waals surface area contributed by atoms with Gasteiger partial charge in [0.15, 0.2) is 0 Å². The van der Waals surface area contributed by atoms with E-state index < -0.39 is 0 Å². The summed E-state index contributed by atoms with van der Waals surface area (Å²) in [7, 11) is 2.05. The molecule has 0 fully saturated rings. The fourth-order valence-electron chi connectivity index (χ4n) is 1.98. The largest absolute Gasteiger partial charge is 0.396 e. The highest BCUT2D eigenvalue weighted by Gasteiger charge is 2.15. The molecule has 0 heterocycles. The number of urea groups is 1. The van der Waals surface area contributed by atoms with Crippen LogP contribution in [0.2, 0.25) is 0 Å². The Bertz CT molecular complexity index is 439. The first-order valence-corrected chi connectivity index (χ1v) is 7.83. The van der Waals surface area contributed by atoms with Crippen molar-refractivity contribution in [1.82, 2.24) is 15.5 Å². The molecule has 1 aromatic carbocycles. The molecule has 0 bridgehead atoms. The lowest BCUT2D eigenvalue weighted by atomic mass is 10.1. The predicted molar refractivity (Wildman–Crippen MR) is 89.6 cm³/mol. The molecule has 1 rings (SSSR count). The van der Waals surface area contributed by atoms with Crippen LogP contribution in [0.5, 0.6) is 0 Å². The molecular formula is C17H29N3O2. The lowest BCUT2D eigenvalue weighted by Crippen LogP contribution is -2.47. The van der Waals surface area contributed by atoms with Gasteiger partial charge in [0.05, 0.1) is 0 Å². The second kappa shape index (κ2) is 9.43. The number of carbonyl (C=O) groups is 1. The topological polar surface area (TPSA) is 64.6 Å². The molecule has 124 valence electrons. The van der Waals surface area contributed by atoms with Crippen LogP contribution < -0.4 is 10.6 Å². The van der Waals surface area contributed by atoms with Crippen molar-refractivity contribution in [1.29, 1.82) is 0 Å². The maximum absolute atomic E-state index is 11.8. The van der Waals surface area contributed by atoms with E-state index in [4.69, 9.17) is 5.11 Å². The molecule has 3 atom stereocenters. The average molecular weight is 307 g/mol. The minimum absolute atomic E-state index is 0.0453. The Morgan fingerprint density at radius 2 is 1.86 bits per heavy atom. The molecule has 2 amide bonds. The van der Waals surface area contributed by atoms with Gasteiger partial charge in [-0.15, -0.1) is 0 Å². The van der Waals surface area contributed by atoms with E-state index in [-0.39, 0.29) is 30.6 Å². The molecule has 22 heavy (non-hydrogen) atoms. The molecule has 0 radical (unpaired) electrons. The van der Waals surface area contributed by atoms with Crippen LogP contribution in [0, 0.1) is 5.92 Å². The van der Waals surface area contributed by atoms with Crippen LogP contribution in [0.4, 0.5) is 4.79 Å². The number of aliphatic hydroxyl groups is 1. The normalized spacial score (nSPS) is 15.2. The van der Waals surface area contributed by atoms with Crippen LogP contribution in [0.15, 0.2) is 30.3 Å². The van der Waals surface area contributed by atoms with Gasteiger partial charge in [0.2, 0.25) is 0 Å². The number of hydrogen-bond donors (Lipinski definition) is 3. The van der Waals surface area contributed by atoms with Crippen molar-refractivity contribution in [3.63, 3.8) is 0 Å². The molecule has 3 N–H and O–H groups in total. The first kappa shape index (κ1) is 18.5. The monoisotopic (exact) mass is 307 g/mol. The Kier molecular flexibility index (Phi) is 7.91. The fraction of sp³-hybridized carbons (Fsp3) is 0.588. The summed E-state index contributed by atoms with van der Waals surface area (Å²) in [4.78, 5) is 14.0. The number of aliphatic hydroxyl groups excluding tert-OH is 1. The number of amides is 2. The van der Waals surface area contributed by atoms with E-state index >= 15 is 0 Å². The minimum Gasteiger partial charge on any atom is -0.396 e. The Morgan fingerprint density at radius 1 is 1.23 bits per heavy atom. The third-order valence-corrected chi connectivity index (χ3v) is 4.09. The maximum Gasteiger partial charge on any atom is 0.315 e. The SMILES string of the molecule is CC(CO)C(C)NC(=O)NCC(C)N(C)Cc1ccccc1. The van der Waals surface area contributed by atoms with Crippen LogP contribution in [0.25, 0.3) is 0 Å². The summed E-state index contributed by atoms with van der Waals surface area (Å²) >= 11 is 0. The van der Waals surface area contributed by atoms with E-state index in [1.54, 1.807) is 0 Å². The van der Waals surface area contributed by atoms with Gasteiger partial charge in [-0.2, -0.15) is 0 Å². The first-order chi connectivity index (χ1) is 10.4. The van der Waals surface area contributed by atoms with E-state index in [1.807, 2.05) is 39.1 Å². The van der Waals surface area contributed by atoms with Gasteiger partial charge >= 0.3 is 6.03 Å². The molecule has 0 saturated heterocycles. The lowest BCUT2D eigenvalue weighted by Gasteiger charge is -2.26. The van der Waals surface area contributed by atoms with Crippen molar-refractivity contribution in [2.45, 2.75) is 39.4 Å². The molecule has 0 aliphatic heterocycles. The quantitative estimate of drug-likeness (QED) is 0.686. The highest BCUT2D eigenvalue weighted by atomic mass is 16.3. The maximum atomic E-state index is 11.8. The van der Waals surface area contributed by atoms with Crippen LogP contribution in [-0.4, -0.2) is 48.3 Å². The summed E-state index contributed by atoms with van der Waals surface area (Å²) < 4.78 is 0. The van der Waals surface area contributed by atoms with E-state index in [0.29, 0.717) is 6.54 Å². The van der Waals surface area contributed by atoms with Crippen LogP contribution in [0.1, 0.15) is 26.3 Å². The zero-order valence-corrected chi connectivity index (χ0v) is 14.0. The summed E-state index contributed by atoms with van der Waals surface area (Å²) in [6, 6.07) is 10.3. The number of carbonyl (C=O) groups excluding carboxylic acids is 1. The zero-order valence-electron chi connectivity index (χ0n) is 14.0. The standard InChI is InChI=1S/C17H29N3O2/c1-13(12-21)15(3)19-17(22)18-10-14(2)20(4)11-16-8-6-5-7-9-16/h5-9,13-15,21H,10-12H2,1-4H3,(H2,18,19,22). The van der Waals surface area contributed by atoms with Gasteiger partial charge in [-0.1, -0.05) is 37.3 Å². The summed E-state index contributed by atoms with van der Waals surface area (Å²) in [5.41, 5.74) is 1.26. The number of nitrogens with one attached hydrogen (secondary N) is 2. The van der Waals surface area contributed by atoms with Gasteiger partial charge in [-0.3, -0.25) is 4.90 Å². The number of hydrogen-bond acceptors (Lipinski definition) is 3. The van der Waals surface area contributed by atoms with E-state index in [0.717, 1.165) is 6.54 Å². The van der Waals surface area contributed by atoms with Gasteiger partial charge in [-0.05, 0) is 32.4 Å². The van der Waals surface area contributed by atoms with Crippen molar-refractivity contribution < 1.29 is 9.90 Å². The molecule has 0 aromatic heterocycles. The summed E-state index contributed by atoms with van der Waals surface area (Å²) in [5.74, 6) is 0.0453. The fourth-order valence-corrected chi connectivity index (χ4v) is 1.98. The Balaban J connectivity index is 2.32. The van der Waals surface area contributed by atoms with Gasteiger partial charge < -0.3 is 15.7 Å². The van der Waals surface area contributed by atoms with Gasteiger partial charge in [0.25, 0.3) is 0 Å². The first-order valence-electron chi connectivity index (χ1n) is 7.83. The van der Waals surface area contributed by atoms with Crippen molar-refractivity contribution in [2.75, 3.05) is 20.2 Å². The number of benzene rings is 1. The lowest BCUT2D eigenvalue weighted by molar-refractivity contribution is 0.196. The highest BCUT2D eigenvalue weighted by molar-refractivity contribution is 5.74. The zero-order chi connectivity index (χ0) is 16.5. The van der Waals surface area contributed by atoms with Crippen LogP contribution in [0.3, 0.4) is 0 Å². The van der Waals surface area contributed by atoms with E-state index in [9.17, 15) is 4.79 Å². The molecule has 5 heteroatoms. The van der Waals surface area contributed by atoms with Crippen LogP contribution in [-0.2, 0) is 6.54 Å². The Labute approximate surface area is 133 Å². The third-order valence-electron chi connectivity index (χ3n) is 4.09. The molecule has 5 nitrogen and oxygen atoms in total. The average Bonchev–Trinajstić information content (AvgIpc) is 2.52. The second-order valence-electron chi connectivity index (χ2n) is 6.05. The second-order valence-corrected chi connectivity index (χ2v) is 6.05. The predicted octanol–water partition coefficient (Wildman–Crippen LogP) is 1.82. The third kappa shape index (κ3) is 6.45. The van der Waals surface area contributed by atoms with Gasteiger partial charge in [0, 0.05) is 31.8 Å². The minimum atomic E-state index is -0.187.